The number of rotatable bonds is 11. The van der Waals surface area contributed by atoms with Gasteiger partial charge in [-0.25, -0.2) is 4.68 Å². The van der Waals surface area contributed by atoms with Gasteiger partial charge in [-0.1, -0.05) is 43.8 Å². The standard InChI is InChI=1S/C26H30N6O2S/c1-18(2)15-31-24(14-13-23(27)33)28-29-26(31)35-17-20-16-32(21-7-5-4-6-8-21)30-25(20)19-9-11-22(34-3)12-10-19/h4-12,16,18H,13-15,17H2,1-3H3,(H2,27,33). The minimum absolute atomic E-state index is 0.256. The van der Waals surface area contributed by atoms with Crippen LogP contribution in [-0.2, 0) is 23.5 Å². The summed E-state index contributed by atoms with van der Waals surface area (Å²) in [6.45, 7) is 5.08. The first-order valence-electron chi connectivity index (χ1n) is 11.6. The maximum atomic E-state index is 11.3. The van der Waals surface area contributed by atoms with Crippen LogP contribution < -0.4 is 10.5 Å². The fraction of sp³-hybridized carbons (Fsp3) is 0.308. The molecule has 0 radical (unpaired) electrons. The summed E-state index contributed by atoms with van der Waals surface area (Å²) in [4.78, 5) is 11.3. The third-order valence-corrected chi connectivity index (χ3v) is 6.48. The van der Waals surface area contributed by atoms with Crippen molar-refractivity contribution in [3.05, 3.63) is 72.2 Å². The van der Waals surface area contributed by atoms with Gasteiger partial charge in [0.05, 0.1) is 18.5 Å². The second kappa shape index (κ2) is 11.2. The van der Waals surface area contributed by atoms with Crippen molar-refractivity contribution in [2.45, 2.75) is 44.1 Å². The van der Waals surface area contributed by atoms with E-state index in [-0.39, 0.29) is 12.3 Å². The molecular formula is C26H30N6O2S. The summed E-state index contributed by atoms with van der Waals surface area (Å²) < 4.78 is 9.33. The van der Waals surface area contributed by atoms with E-state index < -0.39 is 0 Å². The molecule has 0 unspecified atom stereocenters. The minimum Gasteiger partial charge on any atom is -0.497 e. The van der Waals surface area contributed by atoms with Gasteiger partial charge < -0.3 is 15.0 Å². The van der Waals surface area contributed by atoms with Crippen LogP contribution in [0.5, 0.6) is 5.75 Å². The van der Waals surface area contributed by atoms with Gasteiger partial charge in [-0.3, -0.25) is 4.79 Å². The average Bonchev–Trinajstić information content (AvgIpc) is 3.45. The van der Waals surface area contributed by atoms with Gasteiger partial charge in [-0.05, 0) is 42.3 Å². The molecule has 0 aliphatic rings. The first-order chi connectivity index (χ1) is 16.9. The fourth-order valence-electron chi connectivity index (χ4n) is 3.76. The highest BCUT2D eigenvalue weighted by Crippen LogP contribution is 2.31. The highest BCUT2D eigenvalue weighted by Gasteiger charge is 2.18. The van der Waals surface area contributed by atoms with Gasteiger partial charge in [-0.2, -0.15) is 5.10 Å². The number of para-hydroxylation sites is 1. The van der Waals surface area contributed by atoms with Crippen LogP contribution in [0.1, 0.15) is 31.7 Å². The topological polar surface area (TPSA) is 101 Å². The lowest BCUT2D eigenvalue weighted by Gasteiger charge is -2.12. The van der Waals surface area contributed by atoms with Gasteiger partial charge in [-0.15, -0.1) is 10.2 Å². The van der Waals surface area contributed by atoms with Crippen LogP contribution in [0.4, 0.5) is 0 Å². The summed E-state index contributed by atoms with van der Waals surface area (Å²) in [6, 6.07) is 18.0. The third-order valence-electron chi connectivity index (χ3n) is 5.47. The quantitative estimate of drug-likeness (QED) is 0.311. The maximum Gasteiger partial charge on any atom is 0.217 e. The van der Waals surface area contributed by atoms with E-state index in [0.717, 1.165) is 45.8 Å². The summed E-state index contributed by atoms with van der Waals surface area (Å²) in [6.07, 6.45) is 2.81. The van der Waals surface area contributed by atoms with E-state index in [1.54, 1.807) is 18.9 Å². The molecule has 4 rings (SSSR count). The molecule has 9 heteroatoms. The molecule has 182 valence electrons. The number of ether oxygens (including phenoxy) is 1. The van der Waals surface area contributed by atoms with E-state index in [1.165, 1.54) is 0 Å². The molecule has 0 fully saturated rings. The molecule has 2 aromatic carbocycles. The SMILES string of the molecule is COc1ccc(-c2nn(-c3ccccc3)cc2CSc2nnc(CCC(N)=O)n2CC(C)C)cc1. The number of methoxy groups -OCH3 is 1. The predicted octanol–water partition coefficient (Wildman–Crippen LogP) is 4.51. The number of nitrogens with zero attached hydrogens (tertiary/aromatic N) is 5. The lowest BCUT2D eigenvalue weighted by molar-refractivity contribution is -0.118. The van der Waals surface area contributed by atoms with Gasteiger partial charge in [0.2, 0.25) is 5.91 Å². The Bertz CT molecular complexity index is 1270. The molecule has 0 saturated heterocycles. The van der Waals surface area contributed by atoms with E-state index in [0.29, 0.717) is 18.1 Å². The predicted molar refractivity (Wildman–Crippen MR) is 137 cm³/mol. The Labute approximate surface area is 209 Å². The molecule has 0 atom stereocenters. The second-order valence-corrected chi connectivity index (χ2v) is 9.61. The number of benzene rings is 2. The van der Waals surface area contributed by atoms with Crippen LogP contribution in [0.2, 0.25) is 0 Å². The lowest BCUT2D eigenvalue weighted by atomic mass is 10.1. The van der Waals surface area contributed by atoms with Crippen molar-refractivity contribution in [1.29, 1.82) is 0 Å². The molecule has 2 heterocycles. The normalized spacial score (nSPS) is 11.2. The lowest BCUT2D eigenvalue weighted by Crippen LogP contribution is -2.15. The minimum atomic E-state index is -0.337. The Morgan fingerprint density at radius 2 is 1.83 bits per heavy atom. The number of aromatic nitrogens is 5. The van der Waals surface area contributed by atoms with Crippen molar-refractivity contribution < 1.29 is 9.53 Å². The number of carbonyl (C=O) groups is 1. The molecule has 2 aromatic heterocycles. The van der Waals surface area contributed by atoms with Gasteiger partial charge >= 0.3 is 0 Å². The van der Waals surface area contributed by atoms with E-state index in [1.807, 2.05) is 59.3 Å². The summed E-state index contributed by atoms with van der Waals surface area (Å²) >= 11 is 1.62. The first-order valence-corrected chi connectivity index (χ1v) is 12.5. The Hall–Kier alpha value is -3.59. The van der Waals surface area contributed by atoms with Gasteiger partial charge in [0, 0.05) is 42.5 Å². The van der Waals surface area contributed by atoms with E-state index >= 15 is 0 Å². The number of primary amides is 1. The van der Waals surface area contributed by atoms with Crippen LogP contribution in [0.25, 0.3) is 16.9 Å². The highest BCUT2D eigenvalue weighted by atomic mass is 32.2. The van der Waals surface area contributed by atoms with E-state index in [4.69, 9.17) is 15.6 Å². The largest absolute Gasteiger partial charge is 0.497 e. The van der Waals surface area contributed by atoms with Gasteiger partial charge in [0.25, 0.3) is 0 Å². The van der Waals surface area contributed by atoms with Crippen molar-refractivity contribution in [3.63, 3.8) is 0 Å². The zero-order chi connectivity index (χ0) is 24.8. The Morgan fingerprint density at radius 3 is 2.49 bits per heavy atom. The second-order valence-electron chi connectivity index (χ2n) is 8.67. The molecule has 4 aromatic rings. The zero-order valence-corrected chi connectivity index (χ0v) is 21.0. The Kier molecular flexibility index (Phi) is 7.87. The summed E-state index contributed by atoms with van der Waals surface area (Å²) in [5.41, 5.74) is 9.36. The molecule has 0 saturated carbocycles. The molecule has 8 nitrogen and oxygen atoms in total. The number of carbonyl (C=O) groups excluding carboxylic acids is 1. The van der Waals surface area contributed by atoms with E-state index in [9.17, 15) is 4.79 Å². The number of hydrogen-bond donors (Lipinski definition) is 1. The molecule has 2 N–H and O–H groups in total. The van der Waals surface area contributed by atoms with Crippen molar-refractivity contribution >= 4 is 17.7 Å². The van der Waals surface area contributed by atoms with Crippen LogP contribution >= 0.6 is 11.8 Å². The van der Waals surface area contributed by atoms with Crippen LogP contribution in [0.15, 0.2) is 66.0 Å². The van der Waals surface area contributed by atoms with Crippen molar-refractivity contribution in [3.8, 4) is 22.7 Å². The molecule has 0 aliphatic carbocycles. The smallest absolute Gasteiger partial charge is 0.217 e. The molecular weight excluding hydrogens is 460 g/mol. The fourth-order valence-corrected chi connectivity index (χ4v) is 4.69. The van der Waals surface area contributed by atoms with Crippen LogP contribution in [-0.4, -0.2) is 37.6 Å². The van der Waals surface area contributed by atoms with E-state index in [2.05, 4.69) is 34.8 Å². The molecule has 0 bridgehead atoms. The monoisotopic (exact) mass is 490 g/mol. The Morgan fingerprint density at radius 1 is 1.09 bits per heavy atom. The molecule has 0 spiro atoms. The van der Waals surface area contributed by atoms with Crippen molar-refractivity contribution in [2.75, 3.05) is 7.11 Å². The maximum absolute atomic E-state index is 11.3. The van der Waals surface area contributed by atoms with Crippen LogP contribution in [0, 0.1) is 5.92 Å². The third kappa shape index (κ3) is 6.10. The van der Waals surface area contributed by atoms with Gasteiger partial charge in [0.15, 0.2) is 5.16 Å². The number of aryl methyl sites for hydroxylation is 1. The van der Waals surface area contributed by atoms with Gasteiger partial charge in [0.1, 0.15) is 11.6 Å². The molecule has 1 amide bonds. The number of amides is 1. The van der Waals surface area contributed by atoms with Crippen molar-refractivity contribution in [1.82, 2.24) is 24.5 Å². The number of nitrogens with two attached hydrogens (primary N) is 1. The zero-order valence-electron chi connectivity index (χ0n) is 20.2. The first kappa shape index (κ1) is 24.5. The highest BCUT2D eigenvalue weighted by molar-refractivity contribution is 7.98. The summed E-state index contributed by atoms with van der Waals surface area (Å²) in [5.74, 6) is 2.33. The Balaban J connectivity index is 1.64. The number of thioether (sulfide) groups is 1. The number of hydrogen-bond acceptors (Lipinski definition) is 6. The molecule has 35 heavy (non-hydrogen) atoms. The summed E-state index contributed by atoms with van der Waals surface area (Å²) in [5, 5.41) is 14.5. The van der Waals surface area contributed by atoms with Crippen LogP contribution in [0.3, 0.4) is 0 Å². The van der Waals surface area contributed by atoms with Crippen molar-refractivity contribution in [2.24, 2.45) is 11.7 Å². The average molecular weight is 491 g/mol. The summed E-state index contributed by atoms with van der Waals surface area (Å²) in [7, 11) is 1.66. The molecule has 0 aliphatic heterocycles.